The number of nitrogens with one attached hydrogen (secondary N) is 2. The van der Waals surface area contributed by atoms with Crippen LogP contribution in [0.2, 0.25) is 0 Å². The van der Waals surface area contributed by atoms with Crippen LogP contribution in [0.3, 0.4) is 0 Å². The van der Waals surface area contributed by atoms with Gasteiger partial charge in [0.2, 0.25) is 0 Å². The first-order valence-electron chi connectivity index (χ1n) is 5.12. The third-order valence-electron chi connectivity index (χ3n) is 4.31. The largest absolute Gasteiger partial charge is 0.314 e. The molecule has 0 aromatic carbocycles. The number of rotatable bonds is 2. The normalized spacial score (nSPS) is 46.5. The fourth-order valence-electron chi connectivity index (χ4n) is 2.94. The van der Waals surface area contributed by atoms with Crippen LogP contribution in [-0.4, -0.2) is 25.2 Å². The molecule has 70 valence electrons. The Morgan fingerprint density at radius 3 is 1.08 bits per heavy atom. The van der Waals surface area contributed by atoms with Crippen LogP contribution < -0.4 is 10.6 Å². The molecule has 2 nitrogen and oxygen atoms in total. The Labute approximate surface area is 75.1 Å². The summed E-state index contributed by atoms with van der Waals surface area (Å²) in [6, 6.07) is 0. The van der Waals surface area contributed by atoms with Crippen molar-refractivity contribution in [3.8, 4) is 0 Å². The van der Waals surface area contributed by atoms with Crippen molar-refractivity contribution in [2.45, 2.75) is 49.6 Å². The molecule has 3 fully saturated rings. The summed E-state index contributed by atoms with van der Waals surface area (Å²) < 4.78 is 0. The van der Waals surface area contributed by atoms with Crippen LogP contribution in [0.4, 0.5) is 0 Å². The summed E-state index contributed by atoms with van der Waals surface area (Å²) in [5, 5.41) is 7.04. The molecule has 0 saturated heterocycles. The van der Waals surface area contributed by atoms with Gasteiger partial charge in [0.25, 0.3) is 0 Å². The molecule has 3 rings (SSSR count). The van der Waals surface area contributed by atoms with Crippen LogP contribution in [0.15, 0.2) is 0 Å². The molecule has 12 heavy (non-hydrogen) atoms. The molecular weight excluding hydrogens is 148 g/mol. The van der Waals surface area contributed by atoms with Crippen molar-refractivity contribution in [2.75, 3.05) is 14.1 Å². The molecule has 0 atom stereocenters. The van der Waals surface area contributed by atoms with Gasteiger partial charge in [-0.25, -0.2) is 0 Å². The van der Waals surface area contributed by atoms with E-state index in [4.69, 9.17) is 0 Å². The lowest BCUT2D eigenvalue weighted by atomic mass is 9.61. The highest BCUT2D eigenvalue weighted by Crippen LogP contribution is 2.46. The monoisotopic (exact) mass is 168 g/mol. The highest BCUT2D eigenvalue weighted by atomic mass is 15.0. The third-order valence-corrected chi connectivity index (χ3v) is 4.31. The van der Waals surface area contributed by atoms with Gasteiger partial charge in [-0.15, -0.1) is 0 Å². The number of hydrogen-bond donors (Lipinski definition) is 2. The lowest BCUT2D eigenvalue weighted by Crippen LogP contribution is -2.60. The van der Waals surface area contributed by atoms with Gasteiger partial charge in [-0.1, -0.05) is 0 Å². The molecule has 3 aliphatic rings. The average molecular weight is 168 g/mol. The van der Waals surface area contributed by atoms with Crippen molar-refractivity contribution >= 4 is 0 Å². The fourth-order valence-corrected chi connectivity index (χ4v) is 2.94. The predicted octanol–water partition coefficient (Wildman–Crippen LogP) is 1.27. The molecule has 0 aliphatic heterocycles. The summed E-state index contributed by atoms with van der Waals surface area (Å²) in [7, 11) is 4.25. The van der Waals surface area contributed by atoms with Crippen molar-refractivity contribution in [2.24, 2.45) is 0 Å². The quantitative estimate of drug-likeness (QED) is 0.649. The Hall–Kier alpha value is -0.0800. The van der Waals surface area contributed by atoms with Gasteiger partial charge in [-0.2, -0.15) is 0 Å². The van der Waals surface area contributed by atoms with Crippen LogP contribution in [0.5, 0.6) is 0 Å². The molecule has 3 aliphatic carbocycles. The van der Waals surface area contributed by atoms with E-state index in [0.717, 1.165) is 0 Å². The van der Waals surface area contributed by atoms with Gasteiger partial charge < -0.3 is 10.6 Å². The Kier molecular flexibility index (Phi) is 1.92. The maximum Gasteiger partial charge on any atom is 0.0180 e. The fraction of sp³-hybridized carbons (Fsp3) is 1.00. The lowest BCUT2D eigenvalue weighted by molar-refractivity contribution is 0.0678. The average Bonchev–Trinajstić information content (AvgIpc) is 2.21. The van der Waals surface area contributed by atoms with Crippen LogP contribution >= 0.6 is 0 Å². The summed E-state index contributed by atoms with van der Waals surface area (Å²) in [4.78, 5) is 0. The summed E-state index contributed by atoms with van der Waals surface area (Å²) in [6.45, 7) is 0. The minimum Gasteiger partial charge on any atom is -0.314 e. The molecule has 2 heteroatoms. The van der Waals surface area contributed by atoms with Crippen LogP contribution in [0.1, 0.15) is 38.5 Å². The van der Waals surface area contributed by atoms with Gasteiger partial charge in [-0.3, -0.25) is 0 Å². The highest BCUT2D eigenvalue weighted by Gasteiger charge is 2.46. The van der Waals surface area contributed by atoms with Crippen molar-refractivity contribution < 1.29 is 0 Å². The summed E-state index contributed by atoms with van der Waals surface area (Å²) in [5.74, 6) is 0. The minimum absolute atomic E-state index is 0.512. The smallest absolute Gasteiger partial charge is 0.0180 e. The van der Waals surface area contributed by atoms with E-state index in [-0.39, 0.29) is 0 Å². The van der Waals surface area contributed by atoms with E-state index in [1.165, 1.54) is 38.5 Å². The molecule has 2 bridgehead atoms. The summed E-state index contributed by atoms with van der Waals surface area (Å²) in [6.07, 6.45) is 8.19. The van der Waals surface area contributed by atoms with Gasteiger partial charge in [0.15, 0.2) is 0 Å². The van der Waals surface area contributed by atoms with Gasteiger partial charge in [-0.05, 0) is 52.6 Å². The predicted molar refractivity (Wildman–Crippen MR) is 51.3 cm³/mol. The van der Waals surface area contributed by atoms with E-state index >= 15 is 0 Å². The first kappa shape index (κ1) is 8.52. The Morgan fingerprint density at radius 2 is 0.917 bits per heavy atom. The summed E-state index contributed by atoms with van der Waals surface area (Å²) in [5.41, 5.74) is 1.02. The first-order chi connectivity index (χ1) is 5.74. The zero-order valence-electron chi connectivity index (χ0n) is 8.24. The van der Waals surface area contributed by atoms with Crippen molar-refractivity contribution in [3.05, 3.63) is 0 Å². The number of fused-ring (bicyclic) bond motifs is 3. The minimum atomic E-state index is 0.512. The Bertz CT molecular complexity index is 132. The topological polar surface area (TPSA) is 24.1 Å². The van der Waals surface area contributed by atoms with Crippen LogP contribution in [-0.2, 0) is 0 Å². The zero-order valence-corrected chi connectivity index (χ0v) is 8.24. The maximum atomic E-state index is 3.52. The highest BCUT2D eigenvalue weighted by molar-refractivity contribution is 5.07. The lowest BCUT2D eigenvalue weighted by Gasteiger charge is -2.53. The molecule has 0 heterocycles. The Balaban J connectivity index is 2.09. The van der Waals surface area contributed by atoms with E-state index in [1.807, 2.05) is 0 Å². The van der Waals surface area contributed by atoms with E-state index in [1.54, 1.807) is 0 Å². The molecular formula is C10H20N2. The molecule has 0 amide bonds. The van der Waals surface area contributed by atoms with Crippen molar-refractivity contribution in [3.63, 3.8) is 0 Å². The Morgan fingerprint density at radius 1 is 0.667 bits per heavy atom. The second kappa shape index (κ2) is 2.71. The van der Waals surface area contributed by atoms with Crippen LogP contribution in [0.25, 0.3) is 0 Å². The third kappa shape index (κ3) is 1.09. The van der Waals surface area contributed by atoms with E-state index < -0.39 is 0 Å². The van der Waals surface area contributed by atoms with E-state index in [0.29, 0.717) is 11.1 Å². The molecule has 2 N–H and O–H groups in total. The maximum absolute atomic E-state index is 3.52. The first-order valence-corrected chi connectivity index (χ1v) is 5.12. The summed E-state index contributed by atoms with van der Waals surface area (Å²) >= 11 is 0. The molecule has 0 radical (unpaired) electrons. The second-order valence-corrected chi connectivity index (χ2v) is 4.56. The van der Waals surface area contributed by atoms with E-state index in [9.17, 15) is 0 Å². The zero-order chi connectivity index (χ0) is 8.66. The van der Waals surface area contributed by atoms with Gasteiger partial charge >= 0.3 is 0 Å². The molecule has 0 aromatic rings. The van der Waals surface area contributed by atoms with Crippen molar-refractivity contribution in [1.29, 1.82) is 0 Å². The van der Waals surface area contributed by atoms with Gasteiger partial charge in [0, 0.05) is 11.1 Å². The van der Waals surface area contributed by atoms with Crippen molar-refractivity contribution in [1.82, 2.24) is 10.6 Å². The van der Waals surface area contributed by atoms with Gasteiger partial charge in [0.1, 0.15) is 0 Å². The van der Waals surface area contributed by atoms with E-state index in [2.05, 4.69) is 24.7 Å². The van der Waals surface area contributed by atoms with Gasteiger partial charge in [0.05, 0.1) is 0 Å². The number of hydrogen-bond acceptors (Lipinski definition) is 2. The SMILES string of the molecule is CNC12CCC(NC)(CC1)CC2. The molecule has 3 saturated carbocycles. The molecule has 0 spiro atoms. The van der Waals surface area contributed by atoms with Crippen LogP contribution in [0, 0.1) is 0 Å². The standard InChI is InChI=1S/C10H20N2/c1-11-9-3-6-10(12-2,7-4-9)8-5-9/h11-12H,3-8H2,1-2H3. The molecule has 0 unspecified atom stereocenters. The second-order valence-electron chi connectivity index (χ2n) is 4.56. The molecule has 0 aromatic heterocycles.